The Morgan fingerprint density at radius 3 is 2.29 bits per heavy atom. The molecule has 3 amide bonds. The molecule has 1 aromatic heterocycles. The summed E-state index contributed by atoms with van der Waals surface area (Å²) in [6.07, 6.45) is 2.42. The third kappa shape index (κ3) is 9.52. The first-order valence-corrected chi connectivity index (χ1v) is 13.3. The molecule has 3 unspecified atom stereocenters. The third-order valence-corrected chi connectivity index (χ3v) is 6.45. The standard InChI is InChI=1S/C28H36N8O6/c29-20(13-17-14-33-21-5-2-1-4-19(17)21)25(40)35-22(6-3-11-32-28(30)31)27(42)36-23(26(41)34-15-24(38)39)12-16-7-9-18(37)10-8-16/h1-2,4-5,7-10,14,20,22-23,33,37H,3,6,11-13,15,29H2,(H,34,41)(H,35,40)(H,36,42)(H,38,39)(H4,30,31,32). The predicted octanol–water partition coefficient (Wildman–Crippen LogP) is -0.790. The Bertz CT molecular complexity index is 1420. The van der Waals surface area contributed by atoms with Gasteiger partial charge in [0.25, 0.3) is 0 Å². The number of benzene rings is 2. The number of aliphatic carboxylic acids is 1. The Morgan fingerprint density at radius 1 is 0.905 bits per heavy atom. The lowest BCUT2D eigenvalue weighted by Crippen LogP contribution is -2.56. The van der Waals surface area contributed by atoms with Gasteiger partial charge in [-0.15, -0.1) is 0 Å². The van der Waals surface area contributed by atoms with Crippen molar-refractivity contribution in [3.63, 3.8) is 0 Å². The van der Waals surface area contributed by atoms with Gasteiger partial charge >= 0.3 is 5.97 Å². The number of phenols is 1. The van der Waals surface area contributed by atoms with E-state index in [2.05, 4.69) is 25.9 Å². The Labute approximate surface area is 241 Å². The van der Waals surface area contributed by atoms with Crippen molar-refractivity contribution >= 4 is 40.6 Å². The number of aromatic amines is 1. The average Bonchev–Trinajstić information content (AvgIpc) is 3.36. The molecule has 2 aromatic carbocycles. The van der Waals surface area contributed by atoms with E-state index in [0.717, 1.165) is 16.5 Å². The number of H-pyrrole nitrogens is 1. The molecule has 0 radical (unpaired) electrons. The fourth-order valence-corrected chi connectivity index (χ4v) is 4.32. The van der Waals surface area contributed by atoms with Crippen LogP contribution in [0.4, 0.5) is 0 Å². The molecular formula is C28H36N8O6. The number of guanidine groups is 1. The Hall–Kier alpha value is -5.11. The van der Waals surface area contributed by atoms with Crippen molar-refractivity contribution in [3.8, 4) is 5.75 Å². The maximum atomic E-state index is 13.4. The fourth-order valence-electron chi connectivity index (χ4n) is 4.32. The molecule has 3 atom stereocenters. The number of carboxylic acids is 1. The maximum Gasteiger partial charge on any atom is 0.322 e. The molecule has 0 fully saturated rings. The maximum absolute atomic E-state index is 13.4. The molecule has 0 aliphatic heterocycles. The molecule has 224 valence electrons. The van der Waals surface area contributed by atoms with Gasteiger partial charge in [-0.25, -0.2) is 0 Å². The minimum absolute atomic E-state index is 0.00772. The third-order valence-electron chi connectivity index (χ3n) is 6.45. The van der Waals surface area contributed by atoms with E-state index in [4.69, 9.17) is 22.3 Å². The van der Waals surface area contributed by atoms with Gasteiger partial charge in [-0.3, -0.25) is 24.2 Å². The second kappa shape index (κ2) is 15.0. The number of carboxylic acid groups (broad SMARTS) is 1. The van der Waals surface area contributed by atoms with E-state index in [0.29, 0.717) is 12.0 Å². The van der Waals surface area contributed by atoms with Gasteiger partial charge in [-0.2, -0.15) is 0 Å². The zero-order valence-electron chi connectivity index (χ0n) is 22.9. The number of amides is 3. The molecule has 14 nitrogen and oxygen atoms in total. The first kappa shape index (κ1) is 31.4. The van der Waals surface area contributed by atoms with Crippen LogP contribution in [-0.2, 0) is 32.0 Å². The summed E-state index contributed by atoms with van der Waals surface area (Å²) in [4.78, 5) is 57.4. The highest BCUT2D eigenvalue weighted by molar-refractivity contribution is 5.94. The number of aliphatic imine (C=N–C) groups is 1. The number of hydrogen-bond donors (Lipinski definition) is 9. The van der Waals surface area contributed by atoms with Crippen molar-refractivity contribution < 1.29 is 29.4 Å². The zero-order chi connectivity index (χ0) is 30.6. The van der Waals surface area contributed by atoms with Gasteiger partial charge < -0.3 is 48.3 Å². The van der Waals surface area contributed by atoms with Crippen LogP contribution >= 0.6 is 0 Å². The summed E-state index contributed by atoms with van der Waals surface area (Å²) in [6, 6.07) is 10.3. The van der Waals surface area contributed by atoms with Crippen LogP contribution in [0.3, 0.4) is 0 Å². The highest BCUT2D eigenvalue weighted by Crippen LogP contribution is 2.19. The average molecular weight is 581 g/mol. The molecule has 0 aliphatic carbocycles. The zero-order valence-corrected chi connectivity index (χ0v) is 22.9. The number of fused-ring (bicyclic) bond motifs is 1. The van der Waals surface area contributed by atoms with Crippen LogP contribution in [0, 0.1) is 0 Å². The van der Waals surface area contributed by atoms with Gasteiger partial charge in [-0.05, 0) is 48.6 Å². The molecule has 14 heteroatoms. The van der Waals surface area contributed by atoms with Gasteiger partial charge in [0, 0.05) is 30.1 Å². The smallest absolute Gasteiger partial charge is 0.322 e. The molecule has 0 saturated heterocycles. The molecule has 0 spiro atoms. The van der Waals surface area contributed by atoms with Crippen LogP contribution in [0.5, 0.6) is 5.75 Å². The molecule has 0 bridgehead atoms. The number of rotatable bonds is 15. The number of carbonyl (C=O) groups is 4. The number of nitrogens with one attached hydrogen (secondary N) is 4. The summed E-state index contributed by atoms with van der Waals surface area (Å²) in [6.45, 7) is -0.457. The van der Waals surface area contributed by atoms with Gasteiger partial charge in [-0.1, -0.05) is 30.3 Å². The largest absolute Gasteiger partial charge is 0.508 e. The second-order valence-corrected chi connectivity index (χ2v) is 9.72. The van der Waals surface area contributed by atoms with Crippen molar-refractivity contribution in [1.82, 2.24) is 20.9 Å². The molecule has 0 saturated carbocycles. The fraction of sp³-hybridized carbons (Fsp3) is 0.321. The second-order valence-electron chi connectivity index (χ2n) is 9.72. The predicted molar refractivity (Wildman–Crippen MR) is 156 cm³/mol. The Morgan fingerprint density at radius 2 is 1.60 bits per heavy atom. The van der Waals surface area contributed by atoms with E-state index in [1.54, 1.807) is 18.3 Å². The Kier molecular flexibility index (Phi) is 11.3. The van der Waals surface area contributed by atoms with Gasteiger partial charge in [0.05, 0.1) is 6.04 Å². The van der Waals surface area contributed by atoms with Gasteiger partial charge in [0.2, 0.25) is 17.7 Å². The molecule has 42 heavy (non-hydrogen) atoms. The first-order valence-electron chi connectivity index (χ1n) is 13.3. The van der Waals surface area contributed by atoms with Crippen LogP contribution < -0.4 is 33.2 Å². The molecule has 3 rings (SSSR count). The molecule has 0 aliphatic rings. The summed E-state index contributed by atoms with van der Waals surface area (Å²) in [7, 11) is 0. The number of nitrogens with zero attached hydrogens (tertiary/aromatic N) is 1. The summed E-state index contributed by atoms with van der Waals surface area (Å²) in [5, 5.41) is 27.0. The Balaban J connectivity index is 1.75. The summed E-state index contributed by atoms with van der Waals surface area (Å²) in [5.74, 6) is -3.35. The van der Waals surface area contributed by atoms with Crippen molar-refractivity contribution in [1.29, 1.82) is 0 Å². The highest BCUT2D eigenvalue weighted by atomic mass is 16.4. The first-order chi connectivity index (χ1) is 20.0. The van der Waals surface area contributed by atoms with Gasteiger partial charge in [0.15, 0.2) is 5.96 Å². The van der Waals surface area contributed by atoms with Crippen molar-refractivity contribution in [3.05, 3.63) is 65.9 Å². The van der Waals surface area contributed by atoms with Crippen LogP contribution in [0.1, 0.15) is 24.0 Å². The van der Waals surface area contributed by atoms with E-state index in [-0.39, 0.29) is 37.5 Å². The summed E-state index contributed by atoms with van der Waals surface area (Å²) in [5.41, 5.74) is 19.3. The van der Waals surface area contributed by atoms with Crippen LogP contribution in [-0.4, -0.2) is 76.1 Å². The minimum atomic E-state index is -1.26. The SMILES string of the molecule is NC(N)=NCCCC(NC(=O)C(N)Cc1c[nH]c2ccccc12)C(=O)NC(Cc1ccc(O)cc1)C(=O)NCC(=O)O. The molecule has 1 heterocycles. The normalized spacial score (nSPS) is 13.0. The topological polar surface area (TPSA) is 251 Å². The van der Waals surface area contributed by atoms with E-state index >= 15 is 0 Å². The number of phenolic OH excluding ortho intramolecular Hbond substituents is 1. The van der Waals surface area contributed by atoms with Crippen LogP contribution in [0.15, 0.2) is 59.7 Å². The molecule has 12 N–H and O–H groups in total. The van der Waals surface area contributed by atoms with Crippen molar-refractivity contribution in [2.24, 2.45) is 22.2 Å². The lowest BCUT2D eigenvalue weighted by Gasteiger charge is -2.24. The quantitative estimate of drug-likeness (QED) is 0.0619. The number of nitrogens with two attached hydrogens (primary N) is 3. The number of para-hydroxylation sites is 1. The minimum Gasteiger partial charge on any atom is -0.508 e. The number of carbonyl (C=O) groups excluding carboxylic acids is 3. The number of aromatic hydroxyl groups is 1. The summed E-state index contributed by atoms with van der Waals surface area (Å²) >= 11 is 0. The van der Waals surface area contributed by atoms with Crippen LogP contribution in [0.25, 0.3) is 10.9 Å². The number of aromatic nitrogens is 1. The van der Waals surface area contributed by atoms with E-state index in [1.807, 2.05) is 24.3 Å². The molecular weight excluding hydrogens is 544 g/mol. The lowest BCUT2D eigenvalue weighted by molar-refractivity contribution is -0.138. The van der Waals surface area contributed by atoms with E-state index in [1.165, 1.54) is 12.1 Å². The monoisotopic (exact) mass is 580 g/mol. The van der Waals surface area contributed by atoms with Crippen LogP contribution in [0.2, 0.25) is 0 Å². The van der Waals surface area contributed by atoms with Crippen molar-refractivity contribution in [2.45, 2.75) is 43.8 Å². The van der Waals surface area contributed by atoms with E-state index in [9.17, 15) is 24.3 Å². The number of hydrogen-bond acceptors (Lipinski definition) is 7. The lowest BCUT2D eigenvalue weighted by atomic mass is 10.0. The van der Waals surface area contributed by atoms with E-state index < -0.39 is 48.4 Å². The molecule has 3 aromatic rings. The van der Waals surface area contributed by atoms with Gasteiger partial charge in [0.1, 0.15) is 24.4 Å². The summed E-state index contributed by atoms with van der Waals surface area (Å²) < 4.78 is 0. The highest BCUT2D eigenvalue weighted by Gasteiger charge is 2.28. The van der Waals surface area contributed by atoms with Crippen molar-refractivity contribution in [2.75, 3.05) is 13.1 Å².